The lowest BCUT2D eigenvalue weighted by Gasteiger charge is -2.36. The molecule has 4 rings (SSSR count). The molecule has 2 fully saturated rings. The molecular weight excluding hydrogens is 334 g/mol. The minimum atomic E-state index is -0.0657. The van der Waals surface area contributed by atoms with E-state index in [9.17, 15) is 4.79 Å². The third kappa shape index (κ3) is 3.51. The first-order valence-corrected chi connectivity index (χ1v) is 9.40. The highest BCUT2D eigenvalue weighted by Gasteiger charge is 2.35. The summed E-state index contributed by atoms with van der Waals surface area (Å²) >= 11 is 0. The van der Waals surface area contributed by atoms with E-state index in [1.54, 1.807) is 0 Å². The van der Waals surface area contributed by atoms with E-state index in [0.717, 1.165) is 50.9 Å². The normalized spacial score (nSPS) is 21.1. The Balaban J connectivity index is 1.40. The van der Waals surface area contributed by atoms with Gasteiger partial charge in [-0.25, -0.2) is 4.98 Å². The Bertz CT molecular complexity index is 766. The summed E-state index contributed by atoms with van der Waals surface area (Å²) in [5.74, 6) is 2.12. The lowest BCUT2D eigenvalue weighted by Crippen LogP contribution is -2.48. The highest BCUT2D eigenvalue weighted by atomic mass is 16.5. The summed E-state index contributed by atoms with van der Waals surface area (Å²) in [6.07, 6.45) is 6.35. The van der Waals surface area contributed by atoms with Crippen molar-refractivity contribution in [2.24, 2.45) is 0 Å². The van der Waals surface area contributed by atoms with Crippen LogP contribution in [0.15, 0.2) is 15.3 Å². The highest BCUT2D eigenvalue weighted by Crippen LogP contribution is 2.41. The first-order chi connectivity index (χ1) is 12.7. The van der Waals surface area contributed by atoms with Crippen molar-refractivity contribution in [2.45, 2.75) is 57.5 Å². The molecule has 1 unspecified atom stereocenters. The third-order valence-corrected chi connectivity index (χ3v) is 5.28. The summed E-state index contributed by atoms with van der Waals surface area (Å²) in [6.45, 7) is 4.42. The number of carbonyl (C=O) groups excluding carboxylic acids is 1. The zero-order valence-electron chi connectivity index (χ0n) is 15.3. The van der Waals surface area contributed by atoms with Gasteiger partial charge in [0.2, 0.25) is 11.7 Å². The minimum Gasteiger partial charge on any atom is -0.438 e. The Morgan fingerprint density at radius 3 is 2.96 bits per heavy atom. The fraction of sp³-hybridized carbons (Fsp3) is 0.667. The number of likely N-dealkylation sites (tertiary alicyclic amines) is 1. The summed E-state index contributed by atoms with van der Waals surface area (Å²) in [6, 6.07) is 0.144. The van der Waals surface area contributed by atoms with E-state index in [0.29, 0.717) is 29.9 Å². The van der Waals surface area contributed by atoms with Gasteiger partial charge in [-0.2, -0.15) is 4.98 Å². The van der Waals surface area contributed by atoms with E-state index in [2.05, 4.69) is 20.0 Å². The van der Waals surface area contributed by atoms with Crippen molar-refractivity contribution >= 4 is 5.91 Å². The molecule has 1 aliphatic carbocycles. The van der Waals surface area contributed by atoms with Gasteiger partial charge in [0.15, 0.2) is 12.2 Å². The predicted molar refractivity (Wildman–Crippen MR) is 92.5 cm³/mol. The number of aryl methyl sites for hydroxylation is 1. The fourth-order valence-electron chi connectivity index (χ4n) is 3.58. The SMILES string of the molecule is CCc1nc(CN2CCCC(N(C)C(=O)c3ocnc3C3CC3)C2)no1. The molecule has 0 N–H and O–H groups in total. The molecular formula is C18H25N5O3. The number of piperidine rings is 1. The molecule has 0 bridgehead atoms. The Morgan fingerprint density at radius 2 is 2.23 bits per heavy atom. The van der Waals surface area contributed by atoms with Crippen LogP contribution in [0.5, 0.6) is 0 Å². The van der Waals surface area contributed by atoms with E-state index in [1.165, 1.54) is 6.39 Å². The van der Waals surface area contributed by atoms with Crippen LogP contribution in [0.2, 0.25) is 0 Å². The molecule has 2 aromatic heterocycles. The van der Waals surface area contributed by atoms with Crippen molar-refractivity contribution in [3.05, 3.63) is 29.6 Å². The molecule has 8 heteroatoms. The molecule has 0 spiro atoms. The van der Waals surface area contributed by atoms with Crippen molar-refractivity contribution in [3.63, 3.8) is 0 Å². The van der Waals surface area contributed by atoms with E-state index < -0.39 is 0 Å². The maximum absolute atomic E-state index is 12.9. The molecule has 8 nitrogen and oxygen atoms in total. The van der Waals surface area contributed by atoms with Crippen LogP contribution in [0.4, 0.5) is 0 Å². The van der Waals surface area contributed by atoms with E-state index in [4.69, 9.17) is 8.94 Å². The quantitative estimate of drug-likeness (QED) is 0.781. The maximum Gasteiger partial charge on any atom is 0.291 e. The number of aromatic nitrogens is 3. The molecule has 2 aromatic rings. The number of hydrogen-bond donors (Lipinski definition) is 0. The second-order valence-corrected chi connectivity index (χ2v) is 7.25. The minimum absolute atomic E-state index is 0.0657. The van der Waals surface area contributed by atoms with Crippen molar-refractivity contribution in [1.82, 2.24) is 24.9 Å². The number of likely N-dealkylation sites (N-methyl/N-ethyl adjacent to an activating group) is 1. The number of amides is 1. The van der Waals surface area contributed by atoms with Gasteiger partial charge in [-0.3, -0.25) is 9.69 Å². The second kappa shape index (κ2) is 7.19. The Kier molecular flexibility index (Phi) is 4.76. The summed E-state index contributed by atoms with van der Waals surface area (Å²) in [5, 5.41) is 4.03. The van der Waals surface area contributed by atoms with Gasteiger partial charge in [-0.1, -0.05) is 12.1 Å². The van der Waals surface area contributed by atoms with Gasteiger partial charge in [0, 0.05) is 32.0 Å². The van der Waals surface area contributed by atoms with Crippen LogP contribution in [-0.2, 0) is 13.0 Å². The van der Waals surface area contributed by atoms with Crippen molar-refractivity contribution in [1.29, 1.82) is 0 Å². The Labute approximate surface area is 152 Å². The lowest BCUT2D eigenvalue weighted by molar-refractivity contribution is 0.0574. The van der Waals surface area contributed by atoms with Gasteiger partial charge in [-0.15, -0.1) is 0 Å². The monoisotopic (exact) mass is 359 g/mol. The van der Waals surface area contributed by atoms with Crippen molar-refractivity contribution in [2.75, 3.05) is 20.1 Å². The standard InChI is InChI=1S/C18H25N5O3/c1-3-15-20-14(21-26-15)10-23-8-4-5-13(9-23)22(2)18(24)17-16(12-6-7-12)19-11-25-17/h11-13H,3-10H2,1-2H3. The number of rotatable bonds is 6. The molecule has 3 heterocycles. The Hall–Kier alpha value is -2.22. The zero-order chi connectivity index (χ0) is 18.1. The first-order valence-electron chi connectivity index (χ1n) is 9.40. The molecule has 1 aliphatic heterocycles. The average Bonchev–Trinajstić information content (AvgIpc) is 3.21. The van der Waals surface area contributed by atoms with E-state index in [1.807, 2.05) is 18.9 Å². The molecule has 1 saturated heterocycles. The van der Waals surface area contributed by atoms with Gasteiger partial charge in [-0.05, 0) is 32.2 Å². The van der Waals surface area contributed by atoms with Crippen LogP contribution in [0.1, 0.15) is 66.5 Å². The summed E-state index contributed by atoms with van der Waals surface area (Å²) in [4.78, 5) is 25.6. The Morgan fingerprint density at radius 1 is 1.38 bits per heavy atom. The maximum atomic E-state index is 12.9. The first kappa shape index (κ1) is 17.2. The molecule has 1 amide bonds. The largest absolute Gasteiger partial charge is 0.438 e. The molecule has 26 heavy (non-hydrogen) atoms. The molecule has 0 radical (unpaired) electrons. The third-order valence-electron chi connectivity index (χ3n) is 5.28. The topological polar surface area (TPSA) is 88.5 Å². The average molecular weight is 359 g/mol. The number of hydrogen-bond acceptors (Lipinski definition) is 7. The van der Waals surface area contributed by atoms with Crippen molar-refractivity contribution in [3.8, 4) is 0 Å². The molecule has 2 aliphatic rings. The fourth-order valence-corrected chi connectivity index (χ4v) is 3.58. The smallest absolute Gasteiger partial charge is 0.291 e. The highest BCUT2D eigenvalue weighted by molar-refractivity contribution is 5.92. The molecule has 0 aromatic carbocycles. The molecule has 140 valence electrons. The molecule has 1 atom stereocenters. The number of carbonyl (C=O) groups is 1. The number of oxazole rings is 1. The number of nitrogens with zero attached hydrogens (tertiary/aromatic N) is 5. The van der Waals surface area contributed by atoms with Crippen LogP contribution in [0.25, 0.3) is 0 Å². The van der Waals surface area contributed by atoms with E-state index in [-0.39, 0.29) is 11.9 Å². The van der Waals surface area contributed by atoms with Gasteiger partial charge < -0.3 is 13.8 Å². The van der Waals surface area contributed by atoms with Crippen LogP contribution in [0.3, 0.4) is 0 Å². The van der Waals surface area contributed by atoms with Gasteiger partial charge >= 0.3 is 0 Å². The summed E-state index contributed by atoms with van der Waals surface area (Å²) < 4.78 is 10.6. The van der Waals surface area contributed by atoms with Crippen molar-refractivity contribution < 1.29 is 13.7 Å². The summed E-state index contributed by atoms with van der Waals surface area (Å²) in [7, 11) is 1.86. The van der Waals surface area contributed by atoms with Crippen LogP contribution in [0, 0.1) is 0 Å². The van der Waals surface area contributed by atoms with E-state index >= 15 is 0 Å². The van der Waals surface area contributed by atoms with Gasteiger partial charge in [0.25, 0.3) is 5.91 Å². The second-order valence-electron chi connectivity index (χ2n) is 7.25. The van der Waals surface area contributed by atoms with Crippen LogP contribution < -0.4 is 0 Å². The van der Waals surface area contributed by atoms with Gasteiger partial charge in [0.1, 0.15) is 0 Å². The molecule has 1 saturated carbocycles. The summed E-state index contributed by atoms with van der Waals surface area (Å²) in [5.41, 5.74) is 0.827. The van der Waals surface area contributed by atoms with Crippen LogP contribution in [-0.4, -0.2) is 57.0 Å². The lowest BCUT2D eigenvalue weighted by atomic mass is 10.0. The predicted octanol–water partition coefficient (Wildman–Crippen LogP) is 2.23. The zero-order valence-corrected chi connectivity index (χ0v) is 15.3. The van der Waals surface area contributed by atoms with Crippen LogP contribution >= 0.6 is 0 Å². The van der Waals surface area contributed by atoms with Gasteiger partial charge in [0.05, 0.1) is 12.2 Å².